The summed E-state index contributed by atoms with van der Waals surface area (Å²) in [6.07, 6.45) is 0. The molecule has 36 heavy (non-hydrogen) atoms. The molecule has 4 aromatic rings. The number of Topliss-reactive ketones (excluding diaryl/α,β-unsaturated/α-hetero) is 1. The zero-order chi connectivity index (χ0) is 25.2. The minimum absolute atomic E-state index is 0.0547. The van der Waals surface area contributed by atoms with Gasteiger partial charge in [0.05, 0.1) is 11.6 Å². The molecule has 1 N–H and O–H groups in total. The monoisotopic (exact) mass is 500 g/mol. The zero-order valence-electron chi connectivity index (χ0n) is 19.2. The van der Waals surface area contributed by atoms with Gasteiger partial charge in [-0.3, -0.25) is 14.5 Å². The summed E-state index contributed by atoms with van der Waals surface area (Å²) < 4.78 is 11.0. The fraction of sp³-hybridized carbons (Fsp3) is 0.107. The summed E-state index contributed by atoms with van der Waals surface area (Å²) >= 11 is 5.98. The molecule has 0 aliphatic carbocycles. The third-order valence-corrected chi connectivity index (χ3v) is 6.12. The first-order valence-corrected chi connectivity index (χ1v) is 11.6. The molecule has 7 nitrogen and oxygen atoms in total. The Balaban J connectivity index is 1.54. The van der Waals surface area contributed by atoms with E-state index < -0.39 is 17.7 Å². The molecule has 1 amide bonds. The van der Waals surface area contributed by atoms with Crippen LogP contribution in [0.25, 0.3) is 5.76 Å². The Kier molecular flexibility index (Phi) is 6.31. The highest BCUT2D eigenvalue weighted by molar-refractivity contribution is 6.51. The van der Waals surface area contributed by atoms with Crippen LogP contribution in [0.3, 0.4) is 0 Å². The highest BCUT2D eigenvalue weighted by atomic mass is 35.5. The van der Waals surface area contributed by atoms with Gasteiger partial charge < -0.3 is 14.4 Å². The number of benzene rings is 3. The number of hydrogen-bond acceptors (Lipinski definition) is 6. The van der Waals surface area contributed by atoms with Gasteiger partial charge in [0, 0.05) is 16.7 Å². The smallest absolute Gasteiger partial charge is 0.301 e. The number of carbonyl (C=O) groups is 2. The van der Waals surface area contributed by atoms with Crippen LogP contribution in [0.15, 0.2) is 95.0 Å². The van der Waals surface area contributed by atoms with E-state index in [1.54, 1.807) is 61.5 Å². The number of aryl methyl sites for hydroxylation is 1. The van der Waals surface area contributed by atoms with Crippen LogP contribution in [0, 0.1) is 6.92 Å². The summed E-state index contributed by atoms with van der Waals surface area (Å²) in [5.41, 5.74) is 1.93. The van der Waals surface area contributed by atoms with Crippen LogP contribution >= 0.6 is 11.6 Å². The standard InChI is InChI=1S/C28H21ClN2O5/c1-17-15-23(30-36-17)31-25(19-9-13-22(14-10-19)35-16-18-5-3-2-4-6-18)24(27(33)28(31)34)26(32)20-7-11-21(29)12-8-20/h2-15,25,32H,16H2,1H3. The van der Waals surface area contributed by atoms with Gasteiger partial charge in [-0.15, -0.1) is 0 Å². The number of aliphatic hydroxyl groups excluding tert-OH is 1. The second-order valence-electron chi connectivity index (χ2n) is 8.32. The Morgan fingerprint density at radius 2 is 1.72 bits per heavy atom. The SMILES string of the molecule is Cc1cc(N2C(=O)C(=O)C(=C(O)c3ccc(Cl)cc3)C2c2ccc(OCc3ccccc3)cc2)no1. The van der Waals surface area contributed by atoms with Crippen molar-refractivity contribution < 1.29 is 24.0 Å². The van der Waals surface area contributed by atoms with Crippen LogP contribution in [-0.2, 0) is 16.2 Å². The largest absolute Gasteiger partial charge is 0.507 e. The van der Waals surface area contributed by atoms with Crippen molar-refractivity contribution in [3.8, 4) is 5.75 Å². The molecule has 1 unspecified atom stereocenters. The number of nitrogens with zero attached hydrogens (tertiary/aromatic N) is 2. The number of halogens is 1. The first-order valence-electron chi connectivity index (χ1n) is 11.2. The van der Waals surface area contributed by atoms with Gasteiger partial charge >= 0.3 is 5.91 Å². The molecule has 0 bridgehead atoms. The highest BCUT2D eigenvalue weighted by Crippen LogP contribution is 2.42. The number of rotatable bonds is 6. The van der Waals surface area contributed by atoms with E-state index >= 15 is 0 Å². The molecule has 180 valence electrons. The topological polar surface area (TPSA) is 92.9 Å². The number of aliphatic hydroxyl groups is 1. The van der Waals surface area contributed by atoms with Crippen LogP contribution < -0.4 is 9.64 Å². The normalized spacial score (nSPS) is 16.9. The molecule has 0 spiro atoms. The molecular formula is C28H21ClN2O5. The fourth-order valence-corrected chi connectivity index (χ4v) is 4.23. The van der Waals surface area contributed by atoms with E-state index in [9.17, 15) is 14.7 Å². The third-order valence-electron chi connectivity index (χ3n) is 5.87. The number of carbonyl (C=O) groups excluding carboxylic acids is 2. The minimum atomic E-state index is -0.923. The fourth-order valence-electron chi connectivity index (χ4n) is 4.10. The molecule has 8 heteroatoms. The molecule has 2 heterocycles. The molecule has 0 saturated carbocycles. The molecule has 0 radical (unpaired) electrons. The Labute approximate surface area is 212 Å². The Morgan fingerprint density at radius 3 is 2.36 bits per heavy atom. The van der Waals surface area contributed by atoms with Gasteiger partial charge in [-0.05, 0) is 54.4 Å². The molecule has 1 saturated heterocycles. The number of amides is 1. The molecule has 1 atom stereocenters. The van der Waals surface area contributed by atoms with Gasteiger partial charge in [0.25, 0.3) is 5.78 Å². The molecule has 1 aliphatic rings. The summed E-state index contributed by atoms with van der Waals surface area (Å²) in [6.45, 7) is 2.09. The Morgan fingerprint density at radius 1 is 1.03 bits per heavy atom. The van der Waals surface area contributed by atoms with Crippen LogP contribution in [0.1, 0.15) is 28.5 Å². The predicted octanol–water partition coefficient (Wildman–Crippen LogP) is 5.84. The molecule has 3 aromatic carbocycles. The van der Waals surface area contributed by atoms with Crippen molar-refractivity contribution in [2.45, 2.75) is 19.6 Å². The van der Waals surface area contributed by atoms with Gasteiger partial charge in [0.15, 0.2) is 5.82 Å². The third kappa shape index (κ3) is 4.48. The Bertz CT molecular complexity index is 1440. The van der Waals surface area contributed by atoms with E-state index in [0.717, 1.165) is 5.56 Å². The van der Waals surface area contributed by atoms with Gasteiger partial charge in [-0.1, -0.05) is 59.2 Å². The summed E-state index contributed by atoms with van der Waals surface area (Å²) in [7, 11) is 0. The number of aromatic nitrogens is 1. The van der Waals surface area contributed by atoms with Crippen molar-refractivity contribution >= 4 is 34.9 Å². The van der Waals surface area contributed by atoms with Gasteiger partial charge in [-0.2, -0.15) is 0 Å². The van der Waals surface area contributed by atoms with Gasteiger partial charge in [-0.25, -0.2) is 0 Å². The number of hydrogen-bond donors (Lipinski definition) is 1. The quantitative estimate of drug-likeness (QED) is 0.203. The average Bonchev–Trinajstić information content (AvgIpc) is 3.44. The summed E-state index contributed by atoms with van der Waals surface area (Å²) in [4.78, 5) is 27.5. The van der Waals surface area contributed by atoms with Crippen molar-refractivity contribution in [2.24, 2.45) is 0 Å². The maximum absolute atomic E-state index is 13.2. The van der Waals surface area contributed by atoms with E-state index in [1.807, 2.05) is 30.3 Å². The molecule has 1 aromatic heterocycles. The second-order valence-corrected chi connectivity index (χ2v) is 8.75. The second kappa shape index (κ2) is 9.71. The summed E-state index contributed by atoms with van der Waals surface area (Å²) in [5.74, 6) is -0.658. The molecule has 1 aliphatic heterocycles. The van der Waals surface area contributed by atoms with Crippen molar-refractivity contribution in [2.75, 3.05) is 4.90 Å². The van der Waals surface area contributed by atoms with E-state index in [4.69, 9.17) is 20.9 Å². The van der Waals surface area contributed by atoms with Crippen molar-refractivity contribution in [3.63, 3.8) is 0 Å². The predicted molar refractivity (Wildman–Crippen MR) is 135 cm³/mol. The lowest BCUT2D eigenvalue weighted by Gasteiger charge is -2.23. The van der Waals surface area contributed by atoms with Gasteiger partial charge in [0.2, 0.25) is 0 Å². The van der Waals surface area contributed by atoms with E-state index in [-0.39, 0.29) is 17.2 Å². The number of ketones is 1. The maximum atomic E-state index is 13.2. The lowest BCUT2D eigenvalue weighted by atomic mass is 9.95. The molecular weight excluding hydrogens is 480 g/mol. The van der Waals surface area contributed by atoms with Crippen LogP contribution in [-0.4, -0.2) is 22.0 Å². The molecule has 5 rings (SSSR count). The van der Waals surface area contributed by atoms with Crippen molar-refractivity contribution in [3.05, 3.63) is 118 Å². The zero-order valence-corrected chi connectivity index (χ0v) is 20.0. The Hall–Kier alpha value is -4.36. The van der Waals surface area contributed by atoms with E-state index in [0.29, 0.717) is 34.3 Å². The lowest BCUT2D eigenvalue weighted by Crippen LogP contribution is -2.29. The molecule has 1 fully saturated rings. The first kappa shape index (κ1) is 23.4. The van der Waals surface area contributed by atoms with Gasteiger partial charge in [0.1, 0.15) is 23.9 Å². The number of ether oxygens (including phenoxy) is 1. The number of anilines is 1. The minimum Gasteiger partial charge on any atom is -0.507 e. The summed E-state index contributed by atoms with van der Waals surface area (Å²) in [5, 5.41) is 15.6. The lowest BCUT2D eigenvalue weighted by molar-refractivity contribution is -0.132. The van der Waals surface area contributed by atoms with Crippen molar-refractivity contribution in [1.29, 1.82) is 0 Å². The van der Waals surface area contributed by atoms with Crippen LogP contribution in [0.4, 0.5) is 5.82 Å². The summed E-state index contributed by atoms with van der Waals surface area (Å²) in [6, 6.07) is 23.8. The van der Waals surface area contributed by atoms with Crippen molar-refractivity contribution in [1.82, 2.24) is 5.16 Å². The van der Waals surface area contributed by atoms with E-state index in [1.165, 1.54) is 4.90 Å². The van der Waals surface area contributed by atoms with E-state index in [2.05, 4.69) is 5.16 Å². The van der Waals surface area contributed by atoms with Crippen LogP contribution in [0.5, 0.6) is 5.75 Å². The average molecular weight is 501 g/mol. The van der Waals surface area contributed by atoms with Crippen LogP contribution in [0.2, 0.25) is 5.02 Å². The maximum Gasteiger partial charge on any atom is 0.301 e. The first-order chi connectivity index (χ1) is 17.4. The highest BCUT2D eigenvalue weighted by Gasteiger charge is 2.48.